The highest BCUT2D eigenvalue weighted by Gasteiger charge is 2.21. The fraction of sp³-hybridized carbons (Fsp3) is 0.333. The third kappa shape index (κ3) is 3.28. The number of carbonyl (C=O) groups is 2. The van der Waals surface area contributed by atoms with E-state index in [0.717, 1.165) is 0 Å². The van der Waals surface area contributed by atoms with Gasteiger partial charge in [-0.2, -0.15) is 10.2 Å². The van der Waals surface area contributed by atoms with Crippen molar-refractivity contribution in [1.29, 1.82) is 0 Å². The first-order chi connectivity index (χ1) is 8.45. The Morgan fingerprint density at radius 1 is 1.50 bits per heavy atom. The second-order valence-corrected chi connectivity index (χ2v) is 3.76. The zero-order chi connectivity index (χ0) is 13.7. The Morgan fingerprint density at radius 3 is 2.72 bits per heavy atom. The third-order valence-electron chi connectivity index (χ3n) is 2.27. The van der Waals surface area contributed by atoms with Crippen LogP contribution in [0.3, 0.4) is 0 Å². The van der Waals surface area contributed by atoms with Crippen LogP contribution in [0.1, 0.15) is 28.2 Å². The van der Waals surface area contributed by atoms with Crippen LogP contribution in [0, 0.1) is 26.2 Å². The summed E-state index contributed by atoms with van der Waals surface area (Å²) >= 11 is 0. The van der Waals surface area contributed by atoms with Gasteiger partial charge in [0.2, 0.25) is 0 Å². The van der Waals surface area contributed by atoms with Crippen molar-refractivity contribution in [2.24, 2.45) is 0 Å². The molecule has 1 rings (SSSR count). The van der Waals surface area contributed by atoms with Crippen LogP contribution in [-0.2, 0) is 4.79 Å². The molecule has 0 aromatic carbocycles. The molecule has 0 aliphatic carbocycles. The van der Waals surface area contributed by atoms with E-state index in [1.807, 2.05) is 0 Å². The number of carboxylic acid groups (broad SMARTS) is 1. The molecule has 1 unspecified atom stereocenters. The van der Waals surface area contributed by atoms with E-state index in [-0.39, 0.29) is 6.42 Å². The average molecular weight is 247 g/mol. The molecule has 1 heterocycles. The van der Waals surface area contributed by atoms with Crippen molar-refractivity contribution in [3.8, 4) is 12.3 Å². The summed E-state index contributed by atoms with van der Waals surface area (Å²) in [5, 5.41) is 18.8. The lowest BCUT2D eigenvalue weighted by atomic mass is 10.1. The van der Waals surface area contributed by atoms with E-state index >= 15 is 0 Å². The van der Waals surface area contributed by atoms with Crippen LogP contribution in [0.15, 0.2) is 6.07 Å². The number of amides is 1. The van der Waals surface area contributed by atoms with Crippen molar-refractivity contribution in [1.82, 2.24) is 15.5 Å². The molecule has 1 atom stereocenters. The summed E-state index contributed by atoms with van der Waals surface area (Å²) in [5.41, 5.74) is 1.31. The number of nitrogens with zero attached hydrogens (tertiary/aromatic N) is 2. The van der Waals surface area contributed by atoms with Gasteiger partial charge in [-0.25, -0.2) is 4.79 Å². The Labute approximate surface area is 104 Å². The summed E-state index contributed by atoms with van der Waals surface area (Å²) in [6.07, 6.45) is 4.98. The van der Waals surface area contributed by atoms with E-state index in [1.54, 1.807) is 19.9 Å². The minimum absolute atomic E-state index is 0.0718. The van der Waals surface area contributed by atoms with Crippen molar-refractivity contribution in [2.75, 3.05) is 0 Å². The number of carboxylic acids is 1. The Kier molecular flexibility index (Phi) is 4.38. The predicted octanol–water partition coefficient (Wildman–Crippen LogP) is 0.300. The Balaban J connectivity index is 2.91. The maximum Gasteiger partial charge on any atom is 0.327 e. The predicted molar refractivity (Wildman–Crippen MR) is 63.8 cm³/mol. The molecule has 0 fully saturated rings. The second kappa shape index (κ2) is 5.77. The minimum atomic E-state index is -1.17. The molecule has 94 valence electrons. The molecule has 0 aliphatic heterocycles. The molecular weight excluding hydrogens is 234 g/mol. The van der Waals surface area contributed by atoms with E-state index in [1.165, 1.54) is 0 Å². The van der Waals surface area contributed by atoms with Crippen molar-refractivity contribution < 1.29 is 14.7 Å². The van der Waals surface area contributed by atoms with Gasteiger partial charge in [-0.3, -0.25) is 4.79 Å². The summed E-state index contributed by atoms with van der Waals surface area (Å²) in [6, 6.07) is 0.447. The summed E-state index contributed by atoms with van der Waals surface area (Å²) in [7, 11) is 0. The van der Waals surface area contributed by atoms with Crippen LogP contribution in [-0.4, -0.2) is 33.2 Å². The lowest BCUT2D eigenvalue weighted by Gasteiger charge is -2.12. The lowest BCUT2D eigenvalue weighted by molar-refractivity contribution is -0.139. The van der Waals surface area contributed by atoms with Gasteiger partial charge in [0.25, 0.3) is 5.91 Å². The molecule has 1 aromatic rings. The van der Waals surface area contributed by atoms with Crippen molar-refractivity contribution in [3.63, 3.8) is 0 Å². The number of aliphatic carboxylic acids is 1. The first kappa shape index (κ1) is 13.6. The molecule has 0 bridgehead atoms. The highest BCUT2D eigenvalue weighted by atomic mass is 16.4. The molecule has 0 saturated carbocycles. The van der Waals surface area contributed by atoms with Crippen LogP contribution in [0.25, 0.3) is 0 Å². The van der Waals surface area contributed by atoms with Crippen molar-refractivity contribution in [2.45, 2.75) is 26.3 Å². The standard InChI is InChI=1S/C12H13N3O3/c1-4-5-10(12(17)18)13-11(16)9-6-7(2)14-15-8(9)3/h1,6,10H,5H2,2-3H3,(H,13,16)(H,17,18). The number of aryl methyl sites for hydroxylation is 2. The number of nitrogens with one attached hydrogen (secondary N) is 1. The van der Waals surface area contributed by atoms with Gasteiger partial charge in [0.05, 0.1) is 17.0 Å². The van der Waals surface area contributed by atoms with Crippen LogP contribution < -0.4 is 5.32 Å². The fourth-order valence-corrected chi connectivity index (χ4v) is 1.33. The first-order valence-electron chi connectivity index (χ1n) is 5.23. The third-order valence-corrected chi connectivity index (χ3v) is 2.27. The molecule has 6 heteroatoms. The van der Waals surface area contributed by atoms with Gasteiger partial charge in [-0.1, -0.05) is 0 Å². The topological polar surface area (TPSA) is 92.2 Å². The molecular formula is C12H13N3O3. The number of aromatic nitrogens is 2. The van der Waals surface area contributed by atoms with Gasteiger partial charge < -0.3 is 10.4 Å². The van der Waals surface area contributed by atoms with Crippen LogP contribution >= 0.6 is 0 Å². The van der Waals surface area contributed by atoms with Gasteiger partial charge in [0.15, 0.2) is 0 Å². The number of terminal acetylenes is 1. The number of carbonyl (C=O) groups excluding carboxylic acids is 1. The van der Waals surface area contributed by atoms with E-state index < -0.39 is 17.9 Å². The normalized spacial score (nSPS) is 11.4. The molecule has 0 spiro atoms. The number of hydrogen-bond acceptors (Lipinski definition) is 4. The molecule has 2 N–H and O–H groups in total. The monoisotopic (exact) mass is 247 g/mol. The van der Waals surface area contributed by atoms with Crippen LogP contribution in [0.5, 0.6) is 0 Å². The molecule has 6 nitrogen and oxygen atoms in total. The highest BCUT2D eigenvalue weighted by Crippen LogP contribution is 2.06. The fourth-order valence-electron chi connectivity index (χ4n) is 1.33. The zero-order valence-electron chi connectivity index (χ0n) is 10.1. The van der Waals surface area contributed by atoms with Crippen LogP contribution in [0.2, 0.25) is 0 Å². The smallest absolute Gasteiger partial charge is 0.327 e. The molecule has 1 aromatic heterocycles. The summed E-state index contributed by atoms with van der Waals surface area (Å²) in [4.78, 5) is 22.8. The van der Waals surface area contributed by atoms with Gasteiger partial charge in [0, 0.05) is 6.42 Å². The van der Waals surface area contributed by atoms with Crippen molar-refractivity contribution in [3.05, 3.63) is 23.0 Å². The zero-order valence-corrected chi connectivity index (χ0v) is 10.1. The molecule has 1 amide bonds. The van der Waals surface area contributed by atoms with E-state index in [4.69, 9.17) is 11.5 Å². The van der Waals surface area contributed by atoms with Gasteiger partial charge in [-0.05, 0) is 19.9 Å². The molecule has 0 aliphatic rings. The summed E-state index contributed by atoms with van der Waals surface area (Å²) < 4.78 is 0. The van der Waals surface area contributed by atoms with Crippen LogP contribution in [0.4, 0.5) is 0 Å². The maximum absolute atomic E-state index is 11.9. The molecule has 0 saturated heterocycles. The Bertz CT molecular complexity index is 520. The van der Waals surface area contributed by atoms with E-state index in [0.29, 0.717) is 17.0 Å². The maximum atomic E-state index is 11.9. The Morgan fingerprint density at radius 2 is 2.17 bits per heavy atom. The van der Waals surface area contributed by atoms with Gasteiger partial charge in [-0.15, -0.1) is 12.3 Å². The SMILES string of the molecule is C#CCC(NC(=O)c1cc(C)nnc1C)C(=O)O. The molecule has 18 heavy (non-hydrogen) atoms. The van der Waals surface area contributed by atoms with E-state index in [9.17, 15) is 9.59 Å². The summed E-state index contributed by atoms with van der Waals surface area (Å²) in [5.74, 6) is 0.519. The number of rotatable bonds is 4. The Hall–Kier alpha value is -2.42. The minimum Gasteiger partial charge on any atom is -0.480 e. The van der Waals surface area contributed by atoms with Gasteiger partial charge >= 0.3 is 5.97 Å². The lowest BCUT2D eigenvalue weighted by Crippen LogP contribution is -2.40. The average Bonchev–Trinajstić information content (AvgIpc) is 2.31. The summed E-state index contributed by atoms with van der Waals surface area (Å²) in [6.45, 7) is 3.32. The first-order valence-corrected chi connectivity index (χ1v) is 5.23. The number of hydrogen-bond donors (Lipinski definition) is 2. The second-order valence-electron chi connectivity index (χ2n) is 3.76. The highest BCUT2D eigenvalue weighted by molar-refractivity contribution is 5.97. The van der Waals surface area contributed by atoms with E-state index in [2.05, 4.69) is 21.4 Å². The molecule has 0 radical (unpaired) electrons. The van der Waals surface area contributed by atoms with Crippen molar-refractivity contribution >= 4 is 11.9 Å². The quantitative estimate of drug-likeness (QED) is 0.746. The van der Waals surface area contributed by atoms with Gasteiger partial charge in [0.1, 0.15) is 6.04 Å². The largest absolute Gasteiger partial charge is 0.480 e.